The molecule has 4 rings (SSSR count). The molecule has 4 nitrogen and oxygen atoms in total. The molecule has 0 bridgehead atoms. The second-order valence-corrected chi connectivity index (χ2v) is 9.53. The van der Waals surface area contributed by atoms with E-state index >= 15 is 0 Å². The summed E-state index contributed by atoms with van der Waals surface area (Å²) in [7, 11) is 0. The number of nitrogens with zero attached hydrogens (tertiary/aromatic N) is 1. The van der Waals surface area contributed by atoms with E-state index < -0.39 is 0 Å². The highest BCUT2D eigenvalue weighted by atomic mass is 127. The Morgan fingerprint density at radius 1 is 1.48 bits per heavy atom. The van der Waals surface area contributed by atoms with Crippen molar-refractivity contribution in [2.45, 2.75) is 31.5 Å². The van der Waals surface area contributed by atoms with Gasteiger partial charge < -0.3 is 15.8 Å². The molecule has 1 aliphatic heterocycles. The third kappa shape index (κ3) is 3.68. The molecule has 2 atom stereocenters. The first kappa shape index (κ1) is 17.9. The number of halogens is 2. The van der Waals surface area contributed by atoms with Crippen LogP contribution in [0, 0.1) is 3.57 Å². The zero-order valence-electron chi connectivity index (χ0n) is 13.3. The number of pyridine rings is 1. The molecule has 25 heavy (non-hydrogen) atoms. The van der Waals surface area contributed by atoms with Crippen molar-refractivity contribution in [1.29, 1.82) is 0 Å². The standard InChI is InChI=1S/C17H17ClIN3OS2/c18-12-7-11(21-8-9-3-2-6-24-9)16-14(22-12)13(19)17(25-16)15-10(20)4-1-5-23-15/h2-3,6-7,10,15H,1,4-5,8,20H2,(H,21,22)/t10-,15-/m1/s1. The van der Waals surface area contributed by atoms with Crippen molar-refractivity contribution in [3.05, 3.63) is 42.1 Å². The van der Waals surface area contributed by atoms with Gasteiger partial charge in [-0.2, -0.15) is 0 Å². The van der Waals surface area contributed by atoms with Crippen LogP contribution in [0.4, 0.5) is 5.69 Å². The minimum atomic E-state index is -0.0521. The summed E-state index contributed by atoms with van der Waals surface area (Å²) in [5, 5.41) is 6.09. The van der Waals surface area contributed by atoms with Gasteiger partial charge >= 0.3 is 0 Å². The van der Waals surface area contributed by atoms with Gasteiger partial charge in [-0.25, -0.2) is 4.98 Å². The number of rotatable bonds is 4. The Morgan fingerprint density at radius 3 is 3.12 bits per heavy atom. The van der Waals surface area contributed by atoms with Crippen molar-refractivity contribution in [1.82, 2.24) is 4.98 Å². The summed E-state index contributed by atoms with van der Waals surface area (Å²) >= 11 is 12.1. The van der Waals surface area contributed by atoms with Crippen LogP contribution in [0.1, 0.15) is 28.7 Å². The molecule has 0 aromatic carbocycles. The molecule has 1 saturated heterocycles. The number of nitrogens with two attached hydrogens (primary N) is 1. The Balaban J connectivity index is 1.72. The van der Waals surface area contributed by atoms with E-state index in [1.807, 2.05) is 6.07 Å². The van der Waals surface area contributed by atoms with Gasteiger partial charge in [0.05, 0.1) is 24.4 Å². The lowest BCUT2D eigenvalue weighted by atomic mass is 10.0. The van der Waals surface area contributed by atoms with E-state index in [4.69, 9.17) is 22.1 Å². The lowest BCUT2D eigenvalue weighted by Crippen LogP contribution is -2.34. The molecule has 0 saturated carbocycles. The highest BCUT2D eigenvalue weighted by Crippen LogP contribution is 2.43. The predicted molar refractivity (Wildman–Crippen MR) is 115 cm³/mol. The lowest BCUT2D eigenvalue weighted by molar-refractivity contribution is 0.00196. The minimum absolute atomic E-state index is 0.0355. The maximum Gasteiger partial charge on any atom is 0.131 e. The van der Waals surface area contributed by atoms with E-state index in [-0.39, 0.29) is 12.1 Å². The van der Waals surface area contributed by atoms with Crippen LogP contribution in [0.3, 0.4) is 0 Å². The number of hydrogen-bond donors (Lipinski definition) is 2. The van der Waals surface area contributed by atoms with E-state index in [0.29, 0.717) is 5.15 Å². The number of anilines is 1. The number of ether oxygens (including phenoxy) is 1. The van der Waals surface area contributed by atoms with Gasteiger partial charge in [0.2, 0.25) is 0 Å². The first-order valence-electron chi connectivity index (χ1n) is 8.05. The fourth-order valence-corrected chi connectivity index (χ4v) is 6.31. The van der Waals surface area contributed by atoms with E-state index in [1.54, 1.807) is 22.7 Å². The van der Waals surface area contributed by atoms with Gasteiger partial charge in [0, 0.05) is 30.1 Å². The first-order chi connectivity index (χ1) is 12.1. The summed E-state index contributed by atoms with van der Waals surface area (Å²) < 4.78 is 8.19. The van der Waals surface area contributed by atoms with Crippen molar-refractivity contribution in [2.75, 3.05) is 11.9 Å². The zero-order valence-corrected chi connectivity index (χ0v) is 17.8. The Kier molecular flexibility index (Phi) is 5.49. The molecule has 0 unspecified atom stereocenters. The molecule has 3 N–H and O–H groups in total. The van der Waals surface area contributed by atoms with Crippen molar-refractivity contribution < 1.29 is 4.74 Å². The van der Waals surface area contributed by atoms with Crippen LogP contribution in [-0.4, -0.2) is 17.6 Å². The maximum atomic E-state index is 6.31. The molecule has 1 fully saturated rings. The van der Waals surface area contributed by atoms with Crippen molar-refractivity contribution in [3.63, 3.8) is 0 Å². The molecular weight excluding hydrogens is 489 g/mol. The number of aromatic nitrogens is 1. The van der Waals surface area contributed by atoms with Crippen molar-refractivity contribution in [2.24, 2.45) is 5.73 Å². The highest BCUT2D eigenvalue weighted by molar-refractivity contribution is 14.1. The van der Waals surface area contributed by atoms with Crippen LogP contribution in [0.2, 0.25) is 5.15 Å². The third-order valence-electron chi connectivity index (χ3n) is 4.24. The summed E-state index contributed by atoms with van der Waals surface area (Å²) in [5.41, 5.74) is 8.26. The van der Waals surface area contributed by atoms with Gasteiger partial charge in [0.25, 0.3) is 0 Å². The molecular formula is C17H17ClIN3OS2. The Hall–Kier alpha value is -0.450. The van der Waals surface area contributed by atoms with Gasteiger partial charge in [0.15, 0.2) is 0 Å². The highest BCUT2D eigenvalue weighted by Gasteiger charge is 2.29. The normalized spacial score (nSPS) is 20.9. The molecule has 0 radical (unpaired) electrons. The first-order valence-corrected chi connectivity index (χ1v) is 11.2. The van der Waals surface area contributed by atoms with Crippen LogP contribution in [-0.2, 0) is 11.3 Å². The SMILES string of the molecule is N[C@@H]1CCCO[C@H]1c1sc2c(NCc3cccs3)cc(Cl)nc2c1I. The predicted octanol–water partition coefficient (Wildman–Crippen LogP) is 5.41. The van der Waals surface area contributed by atoms with E-state index in [9.17, 15) is 0 Å². The summed E-state index contributed by atoms with van der Waals surface area (Å²) in [4.78, 5) is 7.00. The van der Waals surface area contributed by atoms with Gasteiger partial charge in [-0.1, -0.05) is 17.7 Å². The summed E-state index contributed by atoms with van der Waals surface area (Å²) in [6.45, 7) is 1.54. The Labute approximate surface area is 172 Å². The molecule has 132 valence electrons. The van der Waals surface area contributed by atoms with E-state index in [0.717, 1.165) is 50.3 Å². The summed E-state index contributed by atoms with van der Waals surface area (Å²) in [6.07, 6.45) is 1.97. The molecule has 8 heteroatoms. The van der Waals surface area contributed by atoms with Crippen LogP contribution >= 0.6 is 56.9 Å². The van der Waals surface area contributed by atoms with Gasteiger partial charge in [0.1, 0.15) is 11.3 Å². The van der Waals surface area contributed by atoms with Crippen LogP contribution < -0.4 is 11.1 Å². The second-order valence-electron chi connectivity index (χ2n) is 5.98. The zero-order chi connectivity index (χ0) is 17.4. The molecule has 0 spiro atoms. The minimum Gasteiger partial charge on any atom is -0.379 e. The fraction of sp³-hybridized carbons (Fsp3) is 0.353. The lowest BCUT2D eigenvalue weighted by Gasteiger charge is -2.28. The molecule has 4 heterocycles. The summed E-state index contributed by atoms with van der Waals surface area (Å²) in [5.74, 6) is 0. The van der Waals surface area contributed by atoms with Gasteiger partial charge in [-0.05, 0) is 46.9 Å². The average Bonchev–Trinajstić information content (AvgIpc) is 3.22. The number of fused-ring (bicyclic) bond motifs is 1. The van der Waals surface area contributed by atoms with Gasteiger partial charge in [-0.3, -0.25) is 0 Å². The molecule has 0 aliphatic carbocycles. The second kappa shape index (κ2) is 7.66. The largest absolute Gasteiger partial charge is 0.379 e. The monoisotopic (exact) mass is 505 g/mol. The molecule has 1 aliphatic rings. The summed E-state index contributed by atoms with van der Waals surface area (Å²) in [6, 6.07) is 6.12. The average molecular weight is 506 g/mol. The number of thiophene rings is 2. The van der Waals surface area contributed by atoms with Crippen LogP contribution in [0.15, 0.2) is 23.6 Å². The number of hydrogen-bond acceptors (Lipinski definition) is 6. The Morgan fingerprint density at radius 2 is 2.36 bits per heavy atom. The fourth-order valence-electron chi connectivity index (χ4n) is 3.01. The smallest absolute Gasteiger partial charge is 0.131 e. The van der Waals surface area contributed by atoms with Crippen molar-refractivity contribution >= 4 is 72.8 Å². The quantitative estimate of drug-likeness (QED) is 0.368. The van der Waals surface area contributed by atoms with E-state index in [2.05, 4.69) is 50.4 Å². The van der Waals surface area contributed by atoms with Gasteiger partial charge in [-0.15, -0.1) is 22.7 Å². The van der Waals surface area contributed by atoms with Crippen molar-refractivity contribution in [3.8, 4) is 0 Å². The molecule has 0 amide bonds. The molecule has 3 aromatic rings. The number of nitrogens with one attached hydrogen (secondary N) is 1. The molecule has 3 aromatic heterocycles. The maximum absolute atomic E-state index is 6.31. The Bertz CT molecular complexity index is 884. The topological polar surface area (TPSA) is 60.2 Å². The van der Waals surface area contributed by atoms with Crippen LogP contribution in [0.25, 0.3) is 10.2 Å². The third-order valence-corrected chi connectivity index (χ3v) is 8.04. The van der Waals surface area contributed by atoms with E-state index in [1.165, 1.54) is 4.88 Å². The van der Waals surface area contributed by atoms with Crippen LogP contribution in [0.5, 0.6) is 0 Å².